The van der Waals surface area contributed by atoms with E-state index in [-0.39, 0.29) is 12.6 Å². The van der Waals surface area contributed by atoms with Crippen molar-refractivity contribution in [3.05, 3.63) is 36.0 Å². The molecule has 0 spiro atoms. The first-order valence-corrected chi connectivity index (χ1v) is 12.1. The largest absolute Gasteiger partial charge is 0.395 e. The Morgan fingerprint density at radius 3 is 2.65 bits per heavy atom. The Balaban J connectivity index is 1.29. The number of aromatic nitrogens is 2. The lowest BCUT2D eigenvalue weighted by Crippen LogP contribution is -2.47. The lowest BCUT2D eigenvalue weighted by Gasteiger charge is -2.36. The van der Waals surface area contributed by atoms with Gasteiger partial charge in [0, 0.05) is 82.5 Å². The number of anilines is 4. The normalized spacial score (nSPS) is 18.8. The number of hydrogen-bond acceptors (Lipinski definition) is 8. The molecule has 2 aromatic rings. The Kier molecular flexibility index (Phi) is 6.80. The molecule has 10 heteroatoms. The van der Waals surface area contributed by atoms with E-state index < -0.39 is 0 Å². The van der Waals surface area contributed by atoms with Crippen molar-refractivity contribution in [2.24, 2.45) is 0 Å². The standard InChI is InChI=1S/C24H33N7O3/c1-27(20-3-2-4-21(17-20)29-9-7-28(8-10-29)11-14-32)24(33)31-6-5-19-18-25-23(26-22(19)31)30-12-15-34-16-13-30/h2-4,17-18,32H,5-16H2,1H3. The molecule has 2 amide bonds. The zero-order chi connectivity index (χ0) is 23.5. The first kappa shape index (κ1) is 22.8. The summed E-state index contributed by atoms with van der Waals surface area (Å²) in [5, 5.41) is 9.17. The molecular weight excluding hydrogens is 434 g/mol. The molecule has 34 heavy (non-hydrogen) atoms. The van der Waals surface area contributed by atoms with Gasteiger partial charge in [0.15, 0.2) is 0 Å². The number of aliphatic hydroxyl groups excluding tert-OH is 1. The second-order valence-electron chi connectivity index (χ2n) is 8.93. The van der Waals surface area contributed by atoms with Crippen LogP contribution in [0.3, 0.4) is 0 Å². The molecule has 1 aromatic heterocycles. The van der Waals surface area contributed by atoms with Gasteiger partial charge < -0.3 is 19.6 Å². The molecule has 0 atom stereocenters. The Morgan fingerprint density at radius 1 is 1.09 bits per heavy atom. The molecule has 4 heterocycles. The van der Waals surface area contributed by atoms with Gasteiger partial charge >= 0.3 is 6.03 Å². The number of morpholine rings is 1. The molecule has 0 unspecified atom stereocenters. The minimum atomic E-state index is -0.0877. The van der Waals surface area contributed by atoms with Crippen molar-refractivity contribution in [1.82, 2.24) is 14.9 Å². The minimum absolute atomic E-state index is 0.0877. The summed E-state index contributed by atoms with van der Waals surface area (Å²) in [6, 6.07) is 8.06. The van der Waals surface area contributed by atoms with Crippen LogP contribution in [0.1, 0.15) is 5.56 Å². The van der Waals surface area contributed by atoms with E-state index in [1.54, 1.807) is 9.80 Å². The molecule has 5 rings (SSSR count). The molecule has 0 saturated carbocycles. The number of benzene rings is 1. The smallest absolute Gasteiger partial charge is 0.329 e. The topological polar surface area (TPSA) is 88.5 Å². The highest BCUT2D eigenvalue weighted by Gasteiger charge is 2.31. The maximum absolute atomic E-state index is 13.5. The van der Waals surface area contributed by atoms with Gasteiger partial charge in [-0.2, -0.15) is 4.98 Å². The molecule has 3 aliphatic rings. The Bertz CT molecular complexity index is 1010. The third kappa shape index (κ3) is 4.66. The van der Waals surface area contributed by atoms with Gasteiger partial charge in [0.05, 0.1) is 19.8 Å². The van der Waals surface area contributed by atoms with E-state index in [2.05, 4.69) is 31.8 Å². The number of piperazine rings is 1. The Hall–Kier alpha value is -2.95. The van der Waals surface area contributed by atoms with Gasteiger partial charge in [0.25, 0.3) is 0 Å². The van der Waals surface area contributed by atoms with Gasteiger partial charge in [-0.1, -0.05) is 6.07 Å². The fourth-order valence-electron chi connectivity index (χ4n) is 4.80. The van der Waals surface area contributed by atoms with Crippen LogP contribution in [0.15, 0.2) is 30.5 Å². The molecule has 3 aliphatic heterocycles. The van der Waals surface area contributed by atoms with Crippen molar-refractivity contribution in [2.75, 3.05) is 98.8 Å². The van der Waals surface area contributed by atoms with Crippen LogP contribution in [0.5, 0.6) is 0 Å². The summed E-state index contributed by atoms with van der Waals surface area (Å²) >= 11 is 0. The van der Waals surface area contributed by atoms with Crippen LogP contribution in [-0.2, 0) is 11.2 Å². The number of carbonyl (C=O) groups excluding carboxylic acids is 1. The molecule has 182 valence electrons. The van der Waals surface area contributed by atoms with Crippen LogP contribution in [0.2, 0.25) is 0 Å². The number of urea groups is 1. The molecule has 1 aromatic carbocycles. The van der Waals surface area contributed by atoms with E-state index in [0.717, 1.165) is 69.2 Å². The molecule has 0 bridgehead atoms. The van der Waals surface area contributed by atoms with E-state index in [1.807, 2.05) is 25.4 Å². The van der Waals surface area contributed by atoms with Crippen LogP contribution < -0.4 is 19.6 Å². The lowest BCUT2D eigenvalue weighted by atomic mass is 10.2. The minimum Gasteiger partial charge on any atom is -0.395 e. The van der Waals surface area contributed by atoms with Crippen LogP contribution in [-0.4, -0.2) is 105 Å². The average molecular weight is 468 g/mol. The fraction of sp³-hybridized carbons (Fsp3) is 0.542. The number of fused-ring (bicyclic) bond motifs is 1. The van der Waals surface area contributed by atoms with Crippen molar-refractivity contribution in [3.63, 3.8) is 0 Å². The van der Waals surface area contributed by atoms with E-state index in [4.69, 9.17) is 9.72 Å². The van der Waals surface area contributed by atoms with Crippen molar-refractivity contribution < 1.29 is 14.6 Å². The highest BCUT2D eigenvalue weighted by Crippen LogP contribution is 2.30. The predicted octanol–water partition coefficient (Wildman–Crippen LogP) is 1.05. The van der Waals surface area contributed by atoms with Gasteiger partial charge in [-0.25, -0.2) is 9.78 Å². The number of amides is 2. The van der Waals surface area contributed by atoms with Crippen molar-refractivity contribution in [3.8, 4) is 0 Å². The molecule has 2 saturated heterocycles. The van der Waals surface area contributed by atoms with Crippen molar-refractivity contribution >= 4 is 29.2 Å². The van der Waals surface area contributed by atoms with Crippen LogP contribution in [0, 0.1) is 0 Å². The number of aliphatic hydroxyl groups is 1. The van der Waals surface area contributed by atoms with Gasteiger partial charge in [-0.05, 0) is 24.6 Å². The lowest BCUT2D eigenvalue weighted by molar-refractivity contribution is 0.122. The summed E-state index contributed by atoms with van der Waals surface area (Å²) in [6.45, 7) is 8.03. The number of hydrogen-bond donors (Lipinski definition) is 1. The average Bonchev–Trinajstić information content (AvgIpc) is 3.32. The SMILES string of the molecule is CN(C(=O)N1CCc2cnc(N3CCOCC3)nc21)c1cccc(N2CCN(CCO)CC2)c1. The van der Waals surface area contributed by atoms with Crippen molar-refractivity contribution in [2.45, 2.75) is 6.42 Å². The summed E-state index contributed by atoms with van der Waals surface area (Å²) in [4.78, 5) is 33.0. The van der Waals surface area contributed by atoms with E-state index in [9.17, 15) is 9.90 Å². The first-order valence-electron chi connectivity index (χ1n) is 12.1. The quantitative estimate of drug-likeness (QED) is 0.698. The second kappa shape index (κ2) is 10.1. The summed E-state index contributed by atoms with van der Waals surface area (Å²) in [6.07, 6.45) is 2.62. The van der Waals surface area contributed by atoms with Gasteiger partial charge in [-0.3, -0.25) is 14.7 Å². The number of ether oxygens (including phenoxy) is 1. The number of carbonyl (C=O) groups is 1. The summed E-state index contributed by atoms with van der Waals surface area (Å²) < 4.78 is 5.44. The molecule has 10 nitrogen and oxygen atoms in total. The first-order chi connectivity index (χ1) is 16.6. The highest BCUT2D eigenvalue weighted by molar-refractivity contribution is 6.04. The molecular formula is C24H33N7O3. The molecule has 1 N–H and O–H groups in total. The van der Waals surface area contributed by atoms with Gasteiger partial charge in [0.1, 0.15) is 5.82 Å². The summed E-state index contributed by atoms with van der Waals surface area (Å²) in [7, 11) is 1.82. The number of β-amino-alcohol motifs (C(OH)–C–C–N with tert-alkyl or cyclic N) is 1. The maximum Gasteiger partial charge on any atom is 0.329 e. The monoisotopic (exact) mass is 467 g/mol. The van der Waals surface area contributed by atoms with E-state index >= 15 is 0 Å². The molecule has 0 radical (unpaired) electrons. The van der Waals surface area contributed by atoms with Crippen LogP contribution >= 0.6 is 0 Å². The Labute approximate surface area is 200 Å². The van der Waals surface area contributed by atoms with Gasteiger partial charge in [-0.15, -0.1) is 0 Å². The Morgan fingerprint density at radius 2 is 1.88 bits per heavy atom. The summed E-state index contributed by atoms with van der Waals surface area (Å²) in [5.74, 6) is 1.37. The predicted molar refractivity (Wildman–Crippen MR) is 132 cm³/mol. The third-order valence-electron chi connectivity index (χ3n) is 6.87. The maximum atomic E-state index is 13.5. The fourth-order valence-corrected chi connectivity index (χ4v) is 4.80. The van der Waals surface area contributed by atoms with Gasteiger partial charge in [0.2, 0.25) is 5.95 Å². The van der Waals surface area contributed by atoms with E-state index in [1.165, 1.54) is 0 Å². The highest BCUT2D eigenvalue weighted by atomic mass is 16.5. The van der Waals surface area contributed by atoms with Crippen LogP contribution in [0.4, 0.5) is 27.9 Å². The van der Waals surface area contributed by atoms with Crippen molar-refractivity contribution in [1.29, 1.82) is 0 Å². The van der Waals surface area contributed by atoms with E-state index in [0.29, 0.717) is 31.5 Å². The van der Waals surface area contributed by atoms with Crippen LogP contribution in [0.25, 0.3) is 0 Å². The summed E-state index contributed by atoms with van der Waals surface area (Å²) in [5.41, 5.74) is 2.98. The number of nitrogens with zero attached hydrogens (tertiary/aromatic N) is 7. The number of rotatable bonds is 5. The second-order valence-corrected chi connectivity index (χ2v) is 8.93. The zero-order valence-electron chi connectivity index (χ0n) is 19.8. The molecule has 0 aliphatic carbocycles. The zero-order valence-corrected chi connectivity index (χ0v) is 19.8. The molecule has 2 fully saturated rings. The third-order valence-corrected chi connectivity index (χ3v) is 6.87.